The third-order valence-electron chi connectivity index (χ3n) is 2.26. The number of halogens is 1. The van der Waals surface area contributed by atoms with Crippen molar-refractivity contribution in [3.05, 3.63) is 32.6 Å². The van der Waals surface area contributed by atoms with Crippen LogP contribution in [0.2, 0.25) is 0 Å². The van der Waals surface area contributed by atoms with Crippen LogP contribution in [-0.4, -0.2) is 0 Å². The lowest BCUT2D eigenvalue weighted by Crippen LogP contribution is -2.04. The zero-order valence-corrected chi connectivity index (χ0v) is 11.7. The summed E-state index contributed by atoms with van der Waals surface area (Å²) in [5.74, 6) is 0. The Morgan fingerprint density at radius 1 is 1.29 bits per heavy atom. The van der Waals surface area contributed by atoms with Crippen LogP contribution in [0.15, 0.2) is 32.6 Å². The van der Waals surface area contributed by atoms with E-state index >= 15 is 0 Å². The summed E-state index contributed by atoms with van der Waals surface area (Å²) >= 11 is 2.33. The maximum absolute atomic E-state index is 5.82. The van der Waals surface area contributed by atoms with E-state index in [0.717, 1.165) is 18.4 Å². The normalized spacial score (nSPS) is 14.6. The second kappa shape index (κ2) is 6.27. The maximum Gasteiger partial charge on any atom is 0.0316 e. The molecule has 14 heavy (non-hydrogen) atoms. The maximum atomic E-state index is 5.82. The van der Waals surface area contributed by atoms with Gasteiger partial charge in [-0.1, -0.05) is 25.5 Å². The van der Waals surface area contributed by atoms with E-state index in [1.165, 1.54) is 14.7 Å². The van der Waals surface area contributed by atoms with Crippen molar-refractivity contribution < 1.29 is 0 Å². The first-order valence-electron chi connectivity index (χ1n) is 4.89. The molecular formula is C12H20IN. The molecule has 0 aliphatic rings. The first-order valence-corrected chi connectivity index (χ1v) is 5.97. The zero-order chi connectivity index (χ0) is 11.3. The van der Waals surface area contributed by atoms with Crippen molar-refractivity contribution in [3.63, 3.8) is 0 Å². The SMILES string of the molecule is C=C(N)C(=C(/C)CCC)/C(C)=C(/C)I. The molecule has 0 aromatic heterocycles. The van der Waals surface area contributed by atoms with E-state index in [1.807, 2.05) is 0 Å². The minimum Gasteiger partial charge on any atom is -0.399 e. The lowest BCUT2D eigenvalue weighted by Gasteiger charge is -2.13. The first kappa shape index (κ1) is 13.8. The Kier molecular flexibility index (Phi) is 6.16. The Labute approximate surface area is 101 Å². The molecule has 0 atom stereocenters. The molecule has 0 unspecified atom stereocenters. The van der Waals surface area contributed by atoms with Gasteiger partial charge in [-0.2, -0.15) is 0 Å². The van der Waals surface area contributed by atoms with E-state index < -0.39 is 0 Å². The van der Waals surface area contributed by atoms with Crippen LogP contribution < -0.4 is 5.73 Å². The van der Waals surface area contributed by atoms with Crippen molar-refractivity contribution in [1.82, 2.24) is 0 Å². The molecule has 0 aromatic rings. The van der Waals surface area contributed by atoms with E-state index in [1.54, 1.807) is 0 Å². The first-order chi connectivity index (χ1) is 6.41. The van der Waals surface area contributed by atoms with Gasteiger partial charge in [0, 0.05) is 5.70 Å². The second-order valence-corrected chi connectivity index (χ2v) is 5.21. The summed E-state index contributed by atoms with van der Waals surface area (Å²) in [7, 11) is 0. The molecule has 80 valence electrons. The van der Waals surface area contributed by atoms with E-state index in [0.29, 0.717) is 5.70 Å². The Bertz CT molecular complexity index is 281. The molecule has 0 heterocycles. The molecule has 0 fully saturated rings. The molecule has 2 N–H and O–H groups in total. The second-order valence-electron chi connectivity index (χ2n) is 3.59. The summed E-state index contributed by atoms with van der Waals surface area (Å²) in [5, 5.41) is 0. The molecule has 0 bridgehead atoms. The van der Waals surface area contributed by atoms with Crippen LogP contribution in [-0.2, 0) is 0 Å². The van der Waals surface area contributed by atoms with Crippen molar-refractivity contribution in [3.8, 4) is 0 Å². The molecule has 0 spiro atoms. The van der Waals surface area contributed by atoms with Crippen LogP contribution in [0, 0.1) is 0 Å². The van der Waals surface area contributed by atoms with Crippen molar-refractivity contribution in [2.45, 2.75) is 40.5 Å². The fourth-order valence-corrected chi connectivity index (χ4v) is 1.78. The number of rotatable bonds is 4. The fraction of sp³-hybridized carbons (Fsp3) is 0.500. The topological polar surface area (TPSA) is 26.0 Å². The van der Waals surface area contributed by atoms with Crippen molar-refractivity contribution >= 4 is 22.6 Å². The number of hydrogen-bond acceptors (Lipinski definition) is 1. The van der Waals surface area contributed by atoms with Crippen LogP contribution in [0.1, 0.15) is 40.5 Å². The Morgan fingerprint density at radius 2 is 1.79 bits per heavy atom. The van der Waals surface area contributed by atoms with Crippen LogP contribution in [0.3, 0.4) is 0 Å². The van der Waals surface area contributed by atoms with Gasteiger partial charge in [0.15, 0.2) is 0 Å². The van der Waals surface area contributed by atoms with Gasteiger partial charge in [0.2, 0.25) is 0 Å². The summed E-state index contributed by atoms with van der Waals surface area (Å²) in [4.78, 5) is 0. The van der Waals surface area contributed by atoms with Gasteiger partial charge in [-0.25, -0.2) is 0 Å². The van der Waals surface area contributed by atoms with E-state index in [-0.39, 0.29) is 0 Å². The Balaban J connectivity index is 5.26. The summed E-state index contributed by atoms with van der Waals surface area (Å²) in [6.45, 7) is 12.4. The zero-order valence-electron chi connectivity index (χ0n) is 9.58. The molecule has 0 aliphatic carbocycles. The highest BCUT2D eigenvalue weighted by atomic mass is 127. The van der Waals surface area contributed by atoms with Gasteiger partial charge in [0.1, 0.15) is 0 Å². The molecule has 0 radical (unpaired) electrons. The van der Waals surface area contributed by atoms with E-state index in [9.17, 15) is 0 Å². The molecule has 0 saturated carbocycles. The Hall–Kier alpha value is -0.250. The fourth-order valence-electron chi connectivity index (χ4n) is 1.51. The molecule has 0 saturated heterocycles. The molecule has 2 heteroatoms. The molecule has 0 aliphatic heterocycles. The quantitative estimate of drug-likeness (QED) is 0.608. The number of allylic oxidation sites excluding steroid dienone is 3. The number of hydrogen-bond donors (Lipinski definition) is 1. The van der Waals surface area contributed by atoms with Gasteiger partial charge in [-0.3, -0.25) is 0 Å². The van der Waals surface area contributed by atoms with Gasteiger partial charge in [0.05, 0.1) is 0 Å². The highest BCUT2D eigenvalue weighted by Gasteiger charge is 2.07. The van der Waals surface area contributed by atoms with Crippen LogP contribution in [0.4, 0.5) is 0 Å². The smallest absolute Gasteiger partial charge is 0.0316 e. The third-order valence-corrected chi connectivity index (χ3v) is 3.07. The van der Waals surface area contributed by atoms with Crippen LogP contribution in [0.25, 0.3) is 0 Å². The predicted molar refractivity (Wildman–Crippen MR) is 73.3 cm³/mol. The standard InChI is InChI=1S/C12H20IN/c1-6-7-8(2)12(11(5)14)9(3)10(4)13/h5-7,14H2,1-4H3/b10-9-,12-8-. The average Bonchev–Trinajstić information content (AvgIpc) is 2.03. The minimum atomic E-state index is 0.685. The molecule has 0 aromatic carbocycles. The summed E-state index contributed by atoms with van der Waals surface area (Å²) < 4.78 is 1.28. The van der Waals surface area contributed by atoms with Gasteiger partial charge in [-0.15, -0.1) is 0 Å². The van der Waals surface area contributed by atoms with Crippen molar-refractivity contribution in [2.24, 2.45) is 5.73 Å². The average molecular weight is 305 g/mol. The lowest BCUT2D eigenvalue weighted by atomic mass is 9.97. The molecule has 0 rings (SSSR count). The van der Waals surface area contributed by atoms with Crippen LogP contribution >= 0.6 is 22.6 Å². The third kappa shape index (κ3) is 3.86. The minimum absolute atomic E-state index is 0.685. The summed E-state index contributed by atoms with van der Waals surface area (Å²) in [5.41, 5.74) is 10.2. The predicted octanol–water partition coefficient (Wildman–Crippen LogP) is 4.30. The van der Waals surface area contributed by atoms with Gasteiger partial charge in [0.25, 0.3) is 0 Å². The summed E-state index contributed by atoms with van der Waals surface area (Å²) in [6.07, 6.45) is 2.24. The molecular weight excluding hydrogens is 285 g/mol. The number of nitrogens with two attached hydrogens (primary N) is 1. The Morgan fingerprint density at radius 3 is 2.07 bits per heavy atom. The van der Waals surface area contributed by atoms with Crippen molar-refractivity contribution in [1.29, 1.82) is 0 Å². The van der Waals surface area contributed by atoms with Crippen molar-refractivity contribution in [2.75, 3.05) is 0 Å². The molecule has 1 nitrogen and oxygen atoms in total. The van der Waals surface area contributed by atoms with E-state index in [2.05, 4.69) is 56.9 Å². The monoisotopic (exact) mass is 305 g/mol. The highest BCUT2D eigenvalue weighted by Crippen LogP contribution is 2.26. The van der Waals surface area contributed by atoms with Gasteiger partial charge in [-0.05, 0) is 64.5 Å². The van der Waals surface area contributed by atoms with Gasteiger partial charge < -0.3 is 5.73 Å². The summed E-state index contributed by atoms with van der Waals surface area (Å²) in [6, 6.07) is 0. The lowest BCUT2D eigenvalue weighted by molar-refractivity contribution is 0.892. The largest absolute Gasteiger partial charge is 0.399 e. The van der Waals surface area contributed by atoms with Crippen LogP contribution in [0.5, 0.6) is 0 Å². The van der Waals surface area contributed by atoms with Gasteiger partial charge >= 0.3 is 0 Å². The van der Waals surface area contributed by atoms with E-state index in [4.69, 9.17) is 5.73 Å². The molecule has 0 amide bonds. The highest BCUT2D eigenvalue weighted by molar-refractivity contribution is 14.1.